The van der Waals surface area contributed by atoms with E-state index >= 15 is 0 Å². The summed E-state index contributed by atoms with van der Waals surface area (Å²) in [5, 5.41) is 19.4. The minimum absolute atomic E-state index is 0.0237. The predicted molar refractivity (Wildman–Crippen MR) is 115 cm³/mol. The Bertz CT molecular complexity index is 918. The van der Waals surface area contributed by atoms with E-state index in [0.717, 1.165) is 27.8 Å². The molecule has 0 bridgehead atoms. The molecule has 0 aliphatic rings. The van der Waals surface area contributed by atoms with Crippen molar-refractivity contribution in [3.05, 3.63) is 95.6 Å². The van der Waals surface area contributed by atoms with Crippen LogP contribution in [0.3, 0.4) is 0 Å². The highest BCUT2D eigenvalue weighted by Gasteiger charge is 2.16. The van der Waals surface area contributed by atoms with Gasteiger partial charge in [0.05, 0.1) is 6.61 Å². The number of aliphatic hydroxyl groups excluding tert-OH is 1. The van der Waals surface area contributed by atoms with E-state index < -0.39 is 0 Å². The van der Waals surface area contributed by atoms with Crippen molar-refractivity contribution >= 4 is 22.7 Å². The second-order valence-electron chi connectivity index (χ2n) is 6.27. The molecule has 3 nitrogen and oxygen atoms in total. The molecule has 3 rings (SSSR count). The van der Waals surface area contributed by atoms with Gasteiger partial charge in [-0.05, 0) is 46.9 Å². The highest BCUT2D eigenvalue weighted by atomic mass is 35.5. The lowest BCUT2D eigenvalue weighted by molar-refractivity contribution is 0.201. The molecule has 144 valence electrons. The van der Waals surface area contributed by atoms with Crippen molar-refractivity contribution in [2.45, 2.75) is 6.42 Å². The number of ether oxygens (including phenoxy) is 1. The number of benzene rings is 3. The van der Waals surface area contributed by atoms with Gasteiger partial charge in [0.15, 0.2) is 0 Å². The molecule has 0 unspecified atom stereocenters. The predicted octanol–water partition coefficient (Wildman–Crippen LogP) is 5.35. The number of para-hydroxylation sites is 1. The molecule has 0 saturated heterocycles. The summed E-state index contributed by atoms with van der Waals surface area (Å²) in [5.41, 5.74) is 4.85. The van der Waals surface area contributed by atoms with Crippen LogP contribution >= 0.6 is 11.6 Å². The lowest BCUT2D eigenvalue weighted by Gasteiger charge is -2.18. The number of hydrogen-bond acceptors (Lipinski definition) is 3. The zero-order valence-electron chi connectivity index (χ0n) is 15.5. The number of halogens is 1. The van der Waals surface area contributed by atoms with Crippen LogP contribution in [0.25, 0.3) is 11.1 Å². The molecule has 0 saturated carbocycles. The summed E-state index contributed by atoms with van der Waals surface area (Å²) >= 11 is 6.14. The SMILES string of the molecule is OCCOc1ccc(/C(=C(/CCCl)c2ccccc2O)c2ccccc2)cc1. The average Bonchev–Trinajstić information content (AvgIpc) is 2.74. The second-order valence-corrected chi connectivity index (χ2v) is 6.65. The van der Waals surface area contributed by atoms with Crippen molar-refractivity contribution in [2.75, 3.05) is 19.1 Å². The van der Waals surface area contributed by atoms with E-state index in [0.29, 0.717) is 18.1 Å². The molecule has 0 spiro atoms. The third-order valence-corrected chi connectivity index (χ3v) is 4.63. The van der Waals surface area contributed by atoms with E-state index in [1.54, 1.807) is 6.07 Å². The van der Waals surface area contributed by atoms with E-state index in [1.165, 1.54) is 0 Å². The maximum absolute atomic E-state index is 10.5. The molecule has 4 heteroatoms. The Kier molecular flexibility index (Phi) is 7.12. The van der Waals surface area contributed by atoms with Gasteiger partial charge in [-0.2, -0.15) is 0 Å². The monoisotopic (exact) mass is 394 g/mol. The quantitative estimate of drug-likeness (QED) is 0.400. The van der Waals surface area contributed by atoms with E-state index in [9.17, 15) is 5.11 Å². The van der Waals surface area contributed by atoms with E-state index in [1.807, 2.05) is 60.7 Å². The van der Waals surface area contributed by atoms with Gasteiger partial charge in [0.25, 0.3) is 0 Å². The standard InChI is InChI=1S/C24H23ClO3/c25-15-14-22(21-8-4-5-9-23(21)27)24(18-6-2-1-3-7-18)19-10-12-20(13-11-19)28-17-16-26/h1-13,26-27H,14-17H2/b24-22-. The van der Waals surface area contributed by atoms with Crippen LogP contribution in [-0.2, 0) is 0 Å². The van der Waals surface area contributed by atoms with Gasteiger partial charge in [0.1, 0.15) is 18.1 Å². The number of rotatable bonds is 8. The Labute approximate surface area is 170 Å². The van der Waals surface area contributed by atoms with Crippen LogP contribution in [0.1, 0.15) is 23.1 Å². The normalized spacial score (nSPS) is 11.8. The maximum Gasteiger partial charge on any atom is 0.123 e. The molecular formula is C24H23ClO3. The lowest BCUT2D eigenvalue weighted by atomic mass is 9.88. The van der Waals surface area contributed by atoms with Crippen LogP contribution in [0.2, 0.25) is 0 Å². The van der Waals surface area contributed by atoms with E-state index in [2.05, 4.69) is 12.1 Å². The zero-order valence-corrected chi connectivity index (χ0v) is 16.3. The van der Waals surface area contributed by atoms with E-state index in [-0.39, 0.29) is 19.0 Å². The molecule has 0 heterocycles. The van der Waals surface area contributed by atoms with Crippen LogP contribution in [0, 0.1) is 0 Å². The van der Waals surface area contributed by atoms with Crippen LogP contribution in [0.15, 0.2) is 78.9 Å². The van der Waals surface area contributed by atoms with Crippen LogP contribution in [-0.4, -0.2) is 29.3 Å². The van der Waals surface area contributed by atoms with Gasteiger partial charge in [-0.15, -0.1) is 11.6 Å². The Morgan fingerprint density at radius 1 is 0.821 bits per heavy atom. The molecule has 0 aromatic heterocycles. The molecule has 3 aromatic carbocycles. The number of hydrogen-bond donors (Lipinski definition) is 2. The van der Waals surface area contributed by atoms with Gasteiger partial charge in [-0.3, -0.25) is 0 Å². The molecule has 3 aromatic rings. The number of phenols is 1. The number of aliphatic hydroxyl groups is 1. The van der Waals surface area contributed by atoms with Crippen molar-refractivity contribution in [3.63, 3.8) is 0 Å². The van der Waals surface area contributed by atoms with Gasteiger partial charge in [0.2, 0.25) is 0 Å². The van der Waals surface area contributed by atoms with Gasteiger partial charge in [-0.1, -0.05) is 60.7 Å². The highest BCUT2D eigenvalue weighted by molar-refractivity contribution is 6.18. The van der Waals surface area contributed by atoms with Crippen molar-refractivity contribution in [3.8, 4) is 11.5 Å². The second kappa shape index (κ2) is 9.98. The molecule has 0 aliphatic heterocycles. The van der Waals surface area contributed by atoms with Gasteiger partial charge < -0.3 is 14.9 Å². The van der Waals surface area contributed by atoms with Crippen molar-refractivity contribution < 1.29 is 14.9 Å². The number of aromatic hydroxyl groups is 1. The van der Waals surface area contributed by atoms with Crippen molar-refractivity contribution in [2.24, 2.45) is 0 Å². The van der Waals surface area contributed by atoms with Gasteiger partial charge in [-0.25, -0.2) is 0 Å². The van der Waals surface area contributed by atoms with Crippen LogP contribution < -0.4 is 4.74 Å². The Morgan fingerprint density at radius 3 is 2.11 bits per heavy atom. The molecule has 2 N–H and O–H groups in total. The lowest BCUT2D eigenvalue weighted by Crippen LogP contribution is -2.02. The third-order valence-electron chi connectivity index (χ3n) is 4.44. The summed E-state index contributed by atoms with van der Waals surface area (Å²) in [7, 11) is 0. The third kappa shape index (κ3) is 4.75. The highest BCUT2D eigenvalue weighted by Crippen LogP contribution is 2.38. The first kappa shape index (κ1) is 20.0. The molecular weight excluding hydrogens is 372 g/mol. The molecule has 0 atom stereocenters. The van der Waals surface area contributed by atoms with Crippen molar-refractivity contribution in [1.82, 2.24) is 0 Å². The largest absolute Gasteiger partial charge is 0.507 e. The average molecular weight is 395 g/mol. The molecule has 28 heavy (non-hydrogen) atoms. The Balaban J connectivity index is 2.18. The molecule has 0 aliphatic carbocycles. The zero-order chi connectivity index (χ0) is 19.8. The van der Waals surface area contributed by atoms with Crippen LogP contribution in [0.5, 0.6) is 11.5 Å². The minimum atomic E-state index is -0.0237. The van der Waals surface area contributed by atoms with Gasteiger partial charge in [0, 0.05) is 11.4 Å². The first-order chi connectivity index (χ1) is 13.7. The van der Waals surface area contributed by atoms with Crippen molar-refractivity contribution in [1.29, 1.82) is 0 Å². The van der Waals surface area contributed by atoms with Crippen LogP contribution in [0.4, 0.5) is 0 Å². The summed E-state index contributed by atoms with van der Waals surface area (Å²) in [6.45, 7) is 0.236. The molecule has 0 amide bonds. The fourth-order valence-electron chi connectivity index (χ4n) is 3.22. The summed E-state index contributed by atoms with van der Waals surface area (Å²) in [4.78, 5) is 0. The summed E-state index contributed by atoms with van der Waals surface area (Å²) in [6.07, 6.45) is 0.617. The fourth-order valence-corrected chi connectivity index (χ4v) is 3.41. The Hall–Kier alpha value is -2.75. The molecule has 0 fully saturated rings. The van der Waals surface area contributed by atoms with Gasteiger partial charge >= 0.3 is 0 Å². The minimum Gasteiger partial charge on any atom is -0.507 e. The molecule has 0 radical (unpaired) electrons. The topological polar surface area (TPSA) is 49.7 Å². The number of phenolic OH excluding ortho intramolecular Hbond substituents is 1. The Morgan fingerprint density at radius 2 is 1.46 bits per heavy atom. The summed E-state index contributed by atoms with van der Waals surface area (Å²) in [5.74, 6) is 1.38. The van der Waals surface area contributed by atoms with E-state index in [4.69, 9.17) is 21.4 Å². The number of alkyl halides is 1. The summed E-state index contributed by atoms with van der Waals surface area (Å²) in [6, 6.07) is 25.2. The fraction of sp³-hybridized carbons (Fsp3) is 0.167. The number of allylic oxidation sites excluding steroid dienone is 1. The first-order valence-electron chi connectivity index (χ1n) is 9.21. The smallest absolute Gasteiger partial charge is 0.123 e. The summed E-state index contributed by atoms with van der Waals surface area (Å²) < 4.78 is 5.48. The first-order valence-corrected chi connectivity index (χ1v) is 9.75. The maximum atomic E-state index is 10.5.